The van der Waals surface area contributed by atoms with Gasteiger partial charge in [-0.1, -0.05) is 17.7 Å². The van der Waals surface area contributed by atoms with E-state index in [0.717, 1.165) is 12.1 Å². The molecule has 4 rings (SSSR count). The van der Waals surface area contributed by atoms with Crippen LogP contribution in [0.2, 0.25) is 5.02 Å². The van der Waals surface area contributed by atoms with Gasteiger partial charge < -0.3 is 20.5 Å². The number of halogens is 4. The van der Waals surface area contributed by atoms with E-state index in [9.17, 15) is 23.1 Å². The molecule has 0 spiro atoms. The molecule has 0 unspecified atom stereocenters. The summed E-state index contributed by atoms with van der Waals surface area (Å²) in [6, 6.07) is 9.13. The lowest BCUT2D eigenvalue weighted by Crippen LogP contribution is -2.12. The molecule has 0 radical (unpaired) electrons. The highest BCUT2D eigenvalue weighted by atomic mass is 35.5. The van der Waals surface area contributed by atoms with Gasteiger partial charge in [-0.15, -0.1) is 0 Å². The number of fused-ring (bicyclic) bond motifs is 1. The van der Waals surface area contributed by atoms with Crippen LogP contribution >= 0.6 is 11.6 Å². The third-order valence-corrected chi connectivity index (χ3v) is 5.27. The highest BCUT2D eigenvalue weighted by Gasteiger charge is 2.30. The molecule has 0 fully saturated rings. The van der Waals surface area contributed by atoms with Gasteiger partial charge in [0.15, 0.2) is 0 Å². The fourth-order valence-electron chi connectivity index (χ4n) is 3.33. The van der Waals surface area contributed by atoms with Crippen molar-refractivity contribution in [2.75, 3.05) is 17.2 Å². The second-order valence-corrected chi connectivity index (χ2v) is 7.79. The van der Waals surface area contributed by atoms with E-state index in [-0.39, 0.29) is 22.1 Å². The number of rotatable bonds is 5. The maximum absolute atomic E-state index is 12.9. The van der Waals surface area contributed by atoms with Crippen molar-refractivity contribution in [2.45, 2.75) is 19.0 Å². The highest BCUT2D eigenvalue weighted by Crippen LogP contribution is 2.36. The zero-order valence-corrected chi connectivity index (χ0v) is 18.2. The Hall–Kier alpha value is -3.79. The van der Waals surface area contributed by atoms with Crippen LogP contribution in [0.15, 0.2) is 54.4 Å². The maximum Gasteiger partial charge on any atom is 0.416 e. The topological polar surface area (TPSA) is 96.4 Å². The number of carbonyl (C=O) groups is 1. The van der Waals surface area contributed by atoms with Crippen molar-refractivity contribution in [2.24, 2.45) is 0 Å². The third-order valence-electron chi connectivity index (χ3n) is 4.98. The molecule has 0 amide bonds. The summed E-state index contributed by atoms with van der Waals surface area (Å²) in [4.78, 5) is 20.0. The maximum atomic E-state index is 12.9. The number of alkyl halides is 3. The van der Waals surface area contributed by atoms with Gasteiger partial charge in [0.05, 0.1) is 16.1 Å². The Morgan fingerprint density at radius 1 is 1.18 bits per heavy atom. The molecule has 7 nitrogen and oxygen atoms in total. The molecule has 0 saturated heterocycles. The number of nitrogens with one attached hydrogen (secondary N) is 2. The molecule has 34 heavy (non-hydrogen) atoms. The van der Waals surface area contributed by atoms with Crippen LogP contribution in [-0.2, 0) is 11.0 Å². The Kier molecular flexibility index (Phi) is 6.60. The van der Waals surface area contributed by atoms with E-state index in [1.165, 1.54) is 36.7 Å². The first-order chi connectivity index (χ1) is 16.2. The molecule has 176 valence electrons. The quantitative estimate of drug-likeness (QED) is 0.383. The van der Waals surface area contributed by atoms with Gasteiger partial charge in [-0.05, 0) is 55.3 Å². The molecule has 2 aromatic carbocycles. The fraction of sp³-hybridized carbons (Fsp3) is 0.174. The van der Waals surface area contributed by atoms with E-state index < -0.39 is 17.7 Å². The van der Waals surface area contributed by atoms with Crippen LogP contribution in [0.5, 0.6) is 11.5 Å². The minimum atomic E-state index is -4.49. The van der Waals surface area contributed by atoms with Crippen LogP contribution < -0.4 is 15.4 Å². The molecule has 0 aliphatic carbocycles. The number of carboxylic acid groups (broad SMARTS) is 1. The molecule has 0 saturated carbocycles. The normalized spacial score (nSPS) is 13.6. The lowest BCUT2D eigenvalue weighted by atomic mass is 10.0. The van der Waals surface area contributed by atoms with Crippen LogP contribution in [0.1, 0.15) is 24.0 Å². The van der Waals surface area contributed by atoms with Gasteiger partial charge in [-0.2, -0.15) is 13.2 Å². The summed E-state index contributed by atoms with van der Waals surface area (Å²) in [5.74, 6) is 0.000374. The monoisotopic (exact) mass is 490 g/mol. The van der Waals surface area contributed by atoms with Gasteiger partial charge in [0, 0.05) is 17.8 Å². The van der Waals surface area contributed by atoms with Crippen LogP contribution in [0.4, 0.5) is 30.5 Å². The Morgan fingerprint density at radius 2 is 2.00 bits per heavy atom. The molecular formula is C23H18ClF3N4O3. The van der Waals surface area contributed by atoms with Crippen LogP contribution in [0.3, 0.4) is 0 Å². The van der Waals surface area contributed by atoms with Gasteiger partial charge >= 0.3 is 12.1 Å². The van der Waals surface area contributed by atoms with E-state index in [4.69, 9.17) is 16.3 Å². The molecule has 0 atom stereocenters. The van der Waals surface area contributed by atoms with Crippen LogP contribution in [-0.4, -0.2) is 27.6 Å². The molecule has 3 aromatic rings. The molecule has 11 heteroatoms. The van der Waals surface area contributed by atoms with Crippen molar-refractivity contribution in [3.8, 4) is 11.5 Å². The minimum absolute atomic E-state index is 0.00738. The lowest BCUT2D eigenvalue weighted by Gasteiger charge is -2.17. The number of nitrogens with zero attached hydrogens (tertiary/aromatic N) is 2. The van der Waals surface area contributed by atoms with Crippen molar-refractivity contribution in [1.82, 2.24) is 9.97 Å². The molecule has 1 aliphatic rings. The largest absolute Gasteiger partial charge is 0.478 e. The average Bonchev–Trinajstić information content (AvgIpc) is 2.76. The van der Waals surface area contributed by atoms with Crippen molar-refractivity contribution in [3.05, 3.63) is 70.5 Å². The number of hydrogen-bond acceptors (Lipinski definition) is 6. The molecule has 3 N–H and O–H groups in total. The standard InChI is InChI=1S/C23H18ClF3N4O3/c24-18-11-15(6-7-19(18)34-16-5-1-4-14(10-16)23(25,26)27)31-21-17-9-13(22(32)33)3-2-8-28-20(17)29-12-30-21/h1,4-7,9-12H,2-3,8H2,(H,32,33)(H2,28,29,30,31). The lowest BCUT2D eigenvalue weighted by molar-refractivity contribution is -0.137. The highest BCUT2D eigenvalue weighted by molar-refractivity contribution is 6.32. The van der Waals surface area contributed by atoms with Crippen molar-refractivity contribution in [3.63, 3.8) is 0 Å². The summed E-state index contributed by atoms with van der Waals surface area (Å²) >= 11 is 6.31. The third kappa shape index (κ3) is 5.40. The van der Waals surface area contributed by atoms with E-state index >= 15 is 0 Å². The molecule has 1 aliphatic heterocycles. The number of aliphatic carboxylic acids is 1. The second kappa shape index (κ2) is 9.60. The summed E-state index contributed by atoms with van der Waals surface area (Å²) in [5.41, 5.74) is 0.403. The molecule has 0 bridgehead atoms. The number of aromatic nitrogens is 2. The van der Waals surface area contributed by atoms with Crippen molar-refractivity contribution >= 4 is 41.0 Å². The van der Waals surface area contributed by atoms with Crippen molar-refractivity contribution < 1.29 is 27.8 Å². The summed E-state index contributed by atoms with van der Waals surface area (Å²) < 4.78 is 44.4. The second-order valence-electron chi connectivity index (χ2n) is 7.39. The Bertz CT molecular complexity index is 1260. The summed E-state index contributed by atoms with van der Waals surface area (Å²) in [7, 11) is 0. The van der Waals surface area contributed by atoms with Gasteiger partial charge in [0.2, 0.25) is 0 Å². The van der Waals surface area contributed by atoms with E-state index in [1.54, 1.807) is 6.07 Å². The van der Waals surface area contributed by atoms with Gasteiger partial charge in [-0.3, -0.25) is 0 Å². The summed E-state index contributed by atoms with van der Waals surface area (Å²) in [6.07, 6.45) is -0.582. The van der Waals surface area contributed by atoms with Crippen molar-refractivity contribution in [1.29, 1.82) is 0 Å². The predicted octanol–water partition coefficient (Wildman–Crippen LogP) is 6.36. The zero-order chi connectivity index (χ0) is 24.3. The number of carboxylic acids is 1. The number of hydrogen-bond donors (Lipinski definition) is 3. The molecule has 2 heterocycles. The van der Waals surface area contributed by atoms with E-state index in [1.807, 2.05) is 0 Å². The summed E-state index contributed by atoms with van der Waals surface area (Å²) in [5, 5.41) is 15.9. The number of ether oxygens (including phenoxy) is 1. The van der Waals surface area contributed by atoms with E-state index in [0.29, 0.717) is 42.3 Å². The first-order valence-corrected chi connectivity index (χ1v) is 10.5. The summed E-state index contributed by atoms with van der Waals surface area (Å²) in [6.45, 7) is 0.557. The Balaban J connectivity index is 1.59. The Morgan fingerprint density at radius 3 is 2.74 bits per heavy atom. The smallest absolute Gasteiger partial charge is 0.416 e. The number of benzene rings is 2. The SMILES string of the molecule is O=C(O)C1=Cc2c(ncnc2Nc2ccc(Oc3cccc(C(F)(F)F)c3)c(Cl)c2)NCCC1. The molecular weight excluding hydrogens is 473 g/mol. The Labute approximate surface area is 197 Å². The van der Waals surface area contributed by atoms with Gasteiger partial charge in [-0.25, -0.2) is 14.8 Å². The van der Waals surface area contributed by atoms with Crippen LogP contribution in [0, 0.1) is 0 Å². The van der Waals surface area contributed by atoms with Gasteiger partial charge in [0.1, 0.15) is 29.5 Å². The first kappa shape index (κ1) is 23.4. The molecule has 1 aromatic heterocycles. The van der Waals surface area contributed by atoms with Crippen LogP contribution in [0.25, 0.3) is 6.08 Å². The minimum Gasteiger partial charge on any atom is -0.478 e. The fourth-order valence-corrected chi connectivity index (χ4v) is 3.55. The van der Waals surface area contributed by atoms with E-state index in [2.05, 4.69) is 20.6 Å². The predicted molar refractivity (Wildman–Crippen MR) is 122 cm³/mol. The number of anilines is 3. The average molecular weight is 491 g/mol. The first-order valence-electron chi connectivity index (χ1n) is 10.1. The zero-order valence-electron chi connectivity index (χ0n) is 17.5. The van der Waals surface area contributed by atoms with Gasteiger partial charge in [0.25, 0.3) is 0 Å².